The van der Waals surface area contributed by atoms with Crippen LogP contribution in [0.25, 0.3) is 5.69 Å². The lowest BCUT2D eigenvalue weighted by molar-refractivity contribution is -0.119. The molecule has 1 unspecified atom stereocenters. The predicted molar refractivity (Wildman–Crippen MR) is 120 cm³/mol. The first kappa shape index (κ1) is 21.8. The number of benzene rings is 2. The van der Waals surface area contributed by atoms with Gasteiger partial charge in [-0.3, -0.25) is 14.3 Å². The number of amides is 1. The van der Waals surface area contributed by atoms with Crippen LogP contribution in [-0.2, 0) is 9.53 Å². The second-order valence-corrected chi connectivity index (χ2v) is 7.91. The SMILES string of the molecule is Cc1c(C#N)c(NC(=O)CN2CCOC(c3ccc(F)cc3)C2)n(-c2ccccc2)c1C. The third kappa shape index (κ3) is 4.42. The number of hydrogen-bond donors (Lipinski definition) is 1. The number of rotatable bonds is 5. The van der Waals surface area contributed by atoms with E-state index in [0.717, 1.165) is 22.5 Å². The number of ether oxygens (including phenoxy) is 1. The first-order chi connectivity index (χ1) is 15.5. The summed E-state index contributed by atoms with van der Waals surface area (Å²) in [5, 5.41) is 12.7. The molecule has 1 amide bonds. The summed E-state index contributed by atoms with van der Waals surface area (Å²) < 4.78 is 21.0. The fourth-order valence-electron chi connectivity index (χ4n) is 4.06. The number of carbonyl (C=O) groups excluding carboxylic acids is 1. The summed E-state index contributed by atoms with van der Waals surface area (Å²) in [7, 11) is 0. The van der Waals surface area contributed by atoms with Crippen molar-refractivity contribution in [3.8, 4) is 11.8 Å². The van der Waals surface area contributed by atoms with Crippen LogP contribution in [0.3, 0.4) is 0 Å². The minimum absolute atomic E-state index is 0.171. The molecule has 1 aliphatic rings. The van der Waals surface area contributed by atoms with Gasteiger partial charge < -0.3 is 10.1 Å². The third-order valence-corrected chi connectivity index (χ3v) is 5.86. The Bertz CT molecular complexity index is 1150. The molecule has 32 heavy (non-hydrogen) atoms. The van der Waals surface area contributed by atoms with Crippen LogP contribution in [0.2, 0.25) is 0 Å². The summed E-state index contributed by atoms with van der Waals surface area (Å²) in [6.07, 6.45) is -0.218. The van der Waals surface area contributed by atoms with Gasteiger partial charge in [-0.1, -0.05) is 30.3 Å². The molecule has 164 valence electrons. The Kier molecular flexibility index (Phi) is 6.35. The molecule has 1 saturated heterocycles. The molecule has 0 aliphatic carbocycles. The Morgan fingerprint density at radius 1 is 1.19 bits per heavy atom. The molecular formula is C25H25FN4O2. The highest BCUT2D eigenvalue weighted by atomic mass is 19.1. The van der Waals surface area contributed by atoms with Crippen LogP contribution in [0.1, 0.15) is 28.5 Å². The molecule has 4 rings (SSSR count). The van der Waals surface area contributed by atoms with E-state index in [1.807, 2.05) is 53.6 Å². The normalized spacial score (nSPS) is 16.5. The number of para-hydroxylation sites is 1. The Hall–Kier alpha value is -3.47. The van der Waals surface area contributed by atoms with E-state index in [9.17, 15) is 14.4 Å². The first-order valence-electron chi connectivity index (χ1n) is 10.5. The molecule has 0 bridgehead atoms. The fourth-order valence-corrected chi connectivity index (χ4v) is 4.06. The predicted octanol–water partition coefficient (Wildman–Crippen LogP) is 4.12. The van der Waals surface area contributed by atoms with Crippen molar-refractivity contribution in [2.75, 3.05) is 31.6 Å². The van der Waals surface area contributed by atoms with Crippen molar-refractivity contribution in [2.45, 2.75) is 20.0 Å². The minimum atomic E-state index is -0.291. The van der Waals surface area contributed by atoms with Gasteiger partial charge in [0.25, 0.3) is 0 Å². The highest BCUT2D eigenvalue weighted by Gasteiger charge is 2.25. The zero-order chi connectivity index (χ0) is 22.7. The van der Waals surface area contributed by atoms with Gasteiger partial charge >= 0.3 is 0 Å². The van der Waals surface area contributed by atoms with E-state index >= 15 is 0 Å². The van der Waals surface area contributed by atoms with Gasteiger partial charge in [-0.15, -0.1) is 0 Å². The summed E-state index contributed by atoms with van der Waals surface area (Å²) in [6, 6.07) is 18.1. The second-order valence-electron chi connectivity index (χ2n) is 7.91. The average molecular weight is 432 g/mol. The number of halogens is 1. The molecule has 2 heterocycles. The zero-order valence-corrected chi connectivity index (χ0v) is 18.1. The van der Waals surface area contributed by atoms with Gasteiger partial charge in [-0.25, -0.2) is 4.39 Å². The molecule has 0 spiro atoms. The first-order valence-corrected chi connectivity index (χ1v) is 10.5. The van der Waals surface area contributed by atoms with Gasteiger partial charge in [0.05, 0.1) is 24.8 Å². The number of nitriles is 1. The summed E-state index contributed by atoms with van der Waals surface area (Å²) in [5.74, 6) is -0.000855. The molecule has 7 heteroatoms. The maximum absolute atomic E-state index is 13.2. The van der Waals surface area contributed by atoms with Crippen molar-refractivity contribution < 1.29 is 13.9 Å². The fraction of sp³-hybridized carbons (Fsp3) is 0.280. The maximum atomic E-state index is 13.2. The van der Waals surface area contributed by atoms with Crippen molar-refractivity contribution in [3.63, 3.8) is 0 Å². The monoisotopic (exact) mass is 432 g/mol. The van der Waals surface area contributed by atoms with Gasteiger partial charge in [0.15, 0.2) is 0 Å². The van der Waals surface area contributed by atoms with Crippen molar-refractivity contribution in [3.05, 3.63) is 82.8 Å². The van der Waals surface area contributed by atoms with E-state index in [2.05, 4.69) is 11.4 Å². The molecule has 3 aromatic rings. The van der Waals surface area contributed by atoms with Gasteiger partial charge in [0.1, 0.15) is 17.7 Å². The second kappa shape index (κ2) is 9.35. The Labute approximate surface area is 186 Å². The molecule has 1 aliphatic heterocycles. The smallest absolute Gasteiger partial charge is 0.239 e. The lowest BCUT2D eigenvalue weighted by atomic mass is 10.1. The highest BCUT2D eigenvalue weighted by molar-refractivity contribution is 5.93. The van der Waals surface area contributed by atoms with E-state index in [0.29, 0.717) is 31.1 Å². The molecule has 0 saturated carbocycles. The van der Waals surface area contributed by atoms with Crippen LogP contribution in [0.15, 0.2) is 54.6 Å². The van der Waals surface area contributed by atoms with Crippen LogP contribution in [0.4, 0.5) is 10.2 Å². The Morgan fingerprint density at radius 3 is 2.59 bits per heavy atom. The number of nitrogens with zero attached hydrogens (tertiary/aromatic N) is 3. The van der Waals surface area contributed by atoms with E-state index in [1.165, 1.54) is 12.1 Å². The largest absolute Gasteiger partial charge is 0.371 e. The number of carbonyl (C=O) groups is 1. The van der Waals surface area contributed by atoms with Crippen molar-refractivity contribution in [2.24, 2.45) is 0 Å². The number of morpholine rings is 1. The topological polar surface area (TPSA) is 70.3 Å². The molecular weight excluding hydrogens is 407 g/mol. The van der Waals surface area contributed by atoms with E-state index in [1.54, 1.807) is 12.1 Å². The number of anilines is 1. The number of hydrogen-bond acceptors (Lipinski definition) is 4. The van der Waals surface area contributed by atoms with Gasteiger partial charge in [0, 0.05) is 24.5 Å². The lowest BCUT2D eigenvalue weighted by Gasteiger charge is -2.32. The van der Waals surface area contributed by atoms with Gasteiger partial charge in [-0.05, 0) is 49.2 Å². The van der Waals surface area contributed by atoms with Gasteiger partial charge in [-0.2, -0.15) is 5.26 Å². The van der Waals surface area contributed by atoms with E-state index in [-0.39, 0.29) is 24.4 Å². The van der Waals surface area contributed by atoms with Crippen LogP contribution in [0, 0.1) is 31.0 Å². The van der Waals surface area contributed by atoms with Crippen LogP contribution in [0.5, 0.6) is 0 Å². The Balaban J connectivity index is 1.51. The average Bonchev–Trinajstić information content (AvgIpc) is 3.03. The zero-order valence-electron chi connectivity index (χ0n) is 18.1. The Morgan fingerprint density at radius 2 is 1.91 bits per heavy atom. The number of aromatic nitrogens is 1. The molecule has 2 aromatic carbocycles. The molecule has 6 nitrogen and oxygen atoms in total. The van der Waals surface area contributed by atoms with Crippen LogP contribution < -0.4 is 5.32 Å². The lowest BCUT2D eigenvalue weighted by Crippen LogP contribution is -2.42. The number of nitrogens with one attached hydrogen (secondary N) is 1. The maximum Gasteiger partial charge on any atom is 0.239 e. The molecule has 1 aromatic heterocycles. The third-order valence-electron chi connectivity index (χ3n) is 5.86. The van der Waals surface area contributed by atoms with E-state index < -0.39 is 0 Å². The molecule has 1 fully saturated rings. The quantitative estimate of drug-likeness (QED) is 0.659. The minimum Gasteiger partial charge on any atom is -0.371 e. The summed E-state index contributed by atoms with van der Waals surface area (Å²) in [6.45, 7) is 5.63. The van der Waals surface area contributed by atoms with Crippen molar-refractivity contribution in [1.29, 1.82) is 5.26 Å². The highest BCUT2D eigenvalue weighted by Crippen LogP contribution is 2.30. The van der Waals surface area contributed by atoms with E-state index in [4.69, 9.17) is 4.74 Å². The van der Waals surface area contributed by atoms with Crippen LogP contribution in [-0.4, -0.2) is 41.6 Å². The van der Waals surface area contributed by atoms with Crippen molar-refractivity contribution >= 4 is 11.7 Å². The summed E-state index contributed by atoms with van der Waals surface area (Å²) >= 11 is 0. The molecule has 1 N–H and O–H groups in total. The summed E-state index contributed by atoms with van der Waals surface area (Å²) in [5.41, 5.74) is 3.98. The van der Waals surface area contributed by atoms with Gasteiger partial charge in [0.2, 0.25) is 5.91 Å². The molecule has 1 atom stereocenters. The van der Waals surface area contributed by atoms with Crippen molar-refractivity contribution in [1.82, 2.24) is 9.47 Å². The standard InChI is InChI=1S/C25H25FN4O2/c1-17-18(2)30(21-6-4-3-5-7-21)25(22(17)14-27)28-24(31)16-29-12-13-32-23(15-29)19-8-10-20(26)11-9-19/h3-11,23H,12-13,15-16H2,1-2H3,(H,28,31). The summed E-state index contributed by atoms with van der Waals surface area (Å²) in [4.78, 5) is 15.0. The van der Waals surface area contributed by atoms with Crippen LogP contribution >= 0.6 is 0 Å². The molecule has 0 radical (unpaired) electrons.